The van der Waals surface area contributed by atoms with E-state index in [1.165, 1.54) is 64.5 Å². The lowest BCUT2D eigenvalue weighted by Gasteiger charge is -2.32. The van der Waals surface area contributed by atoms with E-state index in [-0.39, 0.29) is 0 Å². The Bertz CT molecular complexity index is 266. The van der Waals surface area contributed by atoms with Crippen LogP contribution in [0.25, 0.3) is 0 Å². The lowest BCUT2D eigenvalue weighted by atomic mass is 9.89. The highest BCUT2D eigenvalue weighted by atomic mass is 16.5. The normalized spacial score (nSPS) is 29.4. The average molecular weight is 296 g/mol. The van der Waals surface area contributed by atoms with Crippen molar-refractivity contribution in [3.8, 4) is 0 Å². The summed E-state index contributed by atoms with van der Waals surface area (Å²) in [5.41, 5.74) is 0. The van der Waals surface area contributed by atoms with Gasteiger partial charge in [0.2, 0.25) is 0 Å². The first-order valence-corrected chi connectivity index (χ1v) is 9.33. The van der Waals surface area contributed by atoms with E-state index in [2.05, 4.69) is 24.5 Å². The molecule has 1 aliphatic carbocycles. The SMILES string of the molecule is CCNCC1CCOC(CC(C)NCC2CCCCC2)C1. The van der Waals surface area contributed by atoms with Crippen LogP contribution in [0, 0.1) is 11.8 Å². The van der Waals surface area contributed by atoms with Crippen molar-refractivity contribution >= 4 is 0 Å². The third-order valence-electron chi connectivity index (χ3n) is 5.26. The maximum absolute atomic E-state index is 5.98. The number of ether oxygens (including phenoxy) is 1. The molecule has 0 aromatic heterocycles. The first kappa shape index (κ1) is 17.2. The molecule has 0 aromatic rings. The third kappa shape index (κ3) is 6.66. The lowest BCUT2D eigenvalue weighted by Crippen LogP contribution is -2.38. The summed E-state index contributed by atoms with van der Waals surface area (Å²) < 4.78 is 5.98. The Morgan fingerprint density at radius 1 is 1.05 bits per heavy atom. The van der Waals surface area contributed by atoms with E-state index in [0.717, 1.165) is 25.0 Å². The van der Waals surface area contributed by atoms with Gasteiger partial charge in [-0.1, -0.05) is 26.2 Å². The van der Waals surface area contributed by atoms with Crippen molar-refractivity contribution in [2.75, 3.05) is 26.2 Å². The summed E-state index contributed by atoms with van der Waals surface area (Å²) in [7, 11) is 0. The lowest BCUT2D eigenvalue weighted by molar-refractivity contribution is -0.0171. The zero-order chi connectivity index (χ0) is 14.9. The molecule has 0 radical (unpaired) electrons. The van der Waals surface area contributed by atoms with Gasteiger partial charge in [-0.05, 0) is 70.5 Å². The van der Waals surface area contributed by atoms with E-state index in [9.17, 15) is 0 Å². The Labute approximate surface area is 131 Å². The molecule has 1 saturated heterocycles. The summed E-state index contributed by atoms with van der Waals surface area (Å²) in [6, 6.07) is 0.592. The first-order valence-electron chi connectivity index (χ1n) is 9.33. The number of nitrogens with one attached hydrogen (secondary N) is 2. The minimum Gasteiger partial charge on any atom is -0.378 e. The number of hydrogen-bond acceptors (Lipinski definition) is 3. The fourth-order valence-electron chi connectivity index (χ4n) is 3.89. The molecule has 2 fully saturated rings. The molecular formula is C18H36N2O. The molecule has 3 unspecified atom stereocenters. The molecule has 1 heterocycles. The van der Waals surface area contributed by atoms with Gasteiger partial charge in [-0.2, -0.15) is 0 Å². The van der Waals surface area contributed by atoms with Crippen LogP contribution in [0.15, 0.2) is 0 Å². The van der Waals surface area contributed by atoms with Crippen molar-refractivity contribution in [1.82, 2.24) is 10.6 Å². The smallest absolute Gasteiger partial charge is 0.0593 e. The average Bonchev–Trinajstić information content (AvgIpc) is 2.52. The molecule has 1 saturated carbocycles. The van der Waals surface area contributed by atoms with Crippen LogP contribution >= 0.6 is 0 Å². The molecule has 124 valence electrons. The molecule has 1 aliphatic heterocycles. The van der Waals surface area contributed by atoms with Crippen molar-refractivity contribution in [3.05, 3.63) is 0 Å². The van der Waals surface area contributed by atoms with Crippen LogP contribution in [0.1, 0.15) is 65.2 Å². The van der Waals surface area contributed by atoms with Gasteiger partial charge < -0.3 is 15.4 Å². The molecular weight excluding hydrogens is 260 g/mol. The molecule has 0 spiro atoms. The second-order valence-electron chi connectivity index (χ2n) is 7.24. The van der Waals surface area contributed by atoms with Gasteiger partial charge in [-0.25, -0.2) is 0 Å². The second-order valence-corrected chi connectivity index (χ2v) is 7.24. The molecule has 2 N–H and O–H groups in total. The van der Waals surface area contributed by atoms with E-state index in [4.69, 9.17) is 4.74 Å². The van der Waals surface area contributed by atoms with Crippen LogP contribution in [0.3, 0.4) is 0 Å². The largest absolute Gasteiger partial charge is 0.378 e. The summed E-state index contributed by atoms with van der Waals surface area (Å²) in [6.07, 6.45) is 11.3. The van der Waals surface area contributed by atoms with Gasteiger partial charge in [0.25, 0.3) is 0 Å². The number of rotatable bonds is 8. The third-order valence-corrected chi connectivity index (χ3v) is 5.26. The highest BCUT2D eigenvalue weighted by molar-refractivity contribution is 4.78. The fraction of sp³-hybridized carbons (Fsp3) is 1.00. The minimum absolute atomic E-state index is 0.469. The van der Waals surface area contributed by atoms with Gasteiger partial charge in [0, 0.05) is 12.6 Å². The van der Waals surface area contributed by atoms with E-state index in [1.54, 1.807) is 0 Å². The van der Waals surface area contributed by atoms with E-state index >= 15 is 0 Å². The highest BCUT2D eigenvalue weighted by Crippen LogP contribution is 2.24. The van der Waals surface area contributed by atoms with Crippen molar-refractivity contribution in [3.63, 3.8) is 0 Å². The zero-order valence-electron chi connectivity index (χ0n) is 14.2. The van der Waals surface area contributed by atoms with Crippen molar-refractivity contribution in [2.24, 2.45) is 11.8 Å². The molecule has 2 aliphatic rings. The molecule has 0 bridgehead atoms. The van der Waals surface area contributed by atoms with Crippen LogP contribution in [0.2, 0.25) is 0 Å². The van der Waals surface area contributed by atoms with Gasteiger partial charge in [0.15, 0.2) is 0 Å². The maximum Gasteiger partial charge on any atom is 0.0593 e. The molecule has 0 amide bonds. The van der Waals surface area contributed by atoms with Crippen LogP contribution in [-0.4, -0.2) is 38.4 Å². The topological polar surface area (TPSA) is 33.3 Å². The van der Waals surface area contributed by atoms with E-state index in [0.29, 0.717) is 12.1 Å². The van der Waals surface area contributed by atoms with E-state index in [1.807, 2.05) is 0 Å². The van der Waals surface area contributed by atoms with Crippen LogP contribution < -0.4 is 10.6 Å². The summed E-state index contributed by atoms with van der Waals surface area (Å²) in [6.45, 7) is 8.94. The Morgan fingerprint density at radius 3 is 2.62 bits per heavy atom. The minimum atomic E-state index is 0.469. The quantitative estimate of drug-likeness (QED) is 0.721. The molecule has 3 heteroatoms. The van der Waals surface area contributed by atoms with Gasteiger partial charge >= 0.3 is 0 Å². The van der Waals surface area contributed by atoms with Crippen molar-refractivity contribution < 1.29 is 4.74 Å². The number of hydrogen-bond donors (Lipinski definition) is 2. The van der Waals surface area contributed by atoms with Crippen LogP contribution in [0.5, 0.6) is 0 Å². The van der Waals surface area contributed by atoms with Gasteiger partial charge in [-0.15, -0.1) is 0 Å². The fourth-order valence-corrected chi connectivity index (χ4v) is 3.89. The summed E-state index contributed by atoms with van der Waals surface area (Å²) in [5.74, 6) is 1.74. The Hall–Kier alpha value is -0.120. The monoisotopic (exact) mass is 296 g/mol. The second kappa shape index (κ2) is 9.81. The molecule has 0 aromatic carbocycles. The predicted octanol–water partition coefficient (Wildman–Crippen LogP) is 3.34. The Morgan fingerprint density at radius 2 is 1.86 bits per heavy atom. The Kier molecular flexibility index (Phi) is 8.05. The van der Waals surface area contributed by atoms with Crippen molar-refractivity contribution in [2.45, 2.75) is 77.4 Å². The molecule has 21 heavy (non-hydrogen) atoms. The summed E-state index contributed by atoms with van der Waals surface area (Å²) in [4.78, 5) is 0. The predicted molar refractivity (Wildman–Crippen MR) is 89.7 cm³/mol. The zero-order valence-corrected chi connectivity index (χ0v) is 14.2. The summed E-state index contributed by atoms with van der Waals surface area (Å²) >= 11 is 0. The van der Waals surface area contributed by atoms with Crippen LogP contribution in [-0.2, 0) is 4.74 Å². The van der Waals surface area contributed by atoms with Gasteiger partial charge in [-0.3, -0.25) is 0 Å². The van der Waals surface area contributed by atoms with Gasteiger partial charge in [0.05, 0.1) is 6.10 Å². The first-order chi connectivity index (χ1) is 10.3. The Balaban J connectivity index is 1.60. The van der Waals surface area contributed by atoms with E-state index < -0.39 is 0 Å². The standard InChI is InChI=1S/C18H36N2O/c1-3-19-13-17-9-10-21-18(12-17)11-15(2)20-14-16-7-5-4-6-8-16/h15-20H,3-14H2,1-2H3. The van der Waals surface area contributed by atoms with Crippen LogP contribution in [0.4, 0.5) is 0 Å². The molecule has 2 rings (SSSR count). The van der Waals surface area contributed by atoms with Crippen molar-refractivity contribution in [1.29, 1.82) is 0 Å². The molecule has 3 atom stereocenters. The summed E-state index contributed by atoms with van der Waals surface area (Å²) in [5, 5.41) is 7.25. The highest BCUT2D eigenvalue weighted by Gasteiger charge is 2.24. The maximum atomic E-state index is 5.98. The molecule has 3 nitrogen and oxygen atoms in total. The van der Waals surface area contributed by atoms with Gasteiger partial charge in [0.1, 0.15) is 0 Å².